The number of hydrogen-bond acceptors (Lipinski definition) is 0. The van der Waals surface area contributed by atoms with Crippen molar-refractivity contribution in [2.45, 2.75) is 27.7 Å². The maximum absolute atomic E-state index is 2.37. The van der Waals surface area contributed by atoms with Crippen molar-refractivity contribution in [2.75, 3.05) is 0 Å². The maximum atomic E-state index is 2.37. The Kier molecular flexibility index (Phi) is 2.82. The fraction of sp³-hybridized carbons (Fsp3) is 0.263. The van der Waals surface area contributed by atoms with Crippen LogP contribution in [0.5, 0.6) is 0 Å². The van der Waals surface area contributed by atoms with E-state index in [0.29, 0.717) is 5.92 Å². The lowest BCUT2D eigenvalue weighted by Gasteiger charge is -2.15. The van der Waals surface area contributed by atoms with Crippen LogP contribution < -0.4 is 0 Å². The molecule has 0 nitrogen and oxygen atoms in total. The molecule has 0 radical (unpaired) electrons. The van der Waals surface area contributed by atoms with E-state index < -0.39 is 0 Å². The Morgan fingerprint density at radius 1 is 0.895 bits per heavy atom. The van der Waals surface area contributed by atoms with Crippen LogP contribution in [0.2, 0.25) is 0 Å². The molecule has 0 amide bonds. The Bertz CT molecular complexity index is 714. The van der Waals surface area contributed by atoms with Gasteiger partial charge in [-0.15, -0.1) is 0 Å². The highest BCUT2D eigenvalue weighted by molar-refractivity contribution is 5.92. The summed E-state index contributed by atoms with van der Waals surface area (Å²) < 4.78 is 0. The summed E-state index contributed by atoms with van der Waals surface area (Å²) in [5.41, 5.74) is 7.20. The van der Waals surface area contributed by atoms with Crippen molar-refractivity contribution < 1.29 is 0 Å². The number of aryl methyl sites for hydroxylation is 1. The Morgan fingerprint density at radius 2 is 1.63 bits per heavy atom. The van der Waals surface area contributed by atoms with Gasteiger partial charge in [0.15, 0.2) is 0 Å². The maximum Gasteiger partial charge on any atom is 0.000413 e. The molecule has 0 saturated heterocycles. The smallest absolute Gasteiger partial charge is 0.000413 e. The summed E-state index contributed by atoms with van der Waals surface area (Å²) >= 11 is 0. The first kappa shape index (κ1) is 12.2. The van der Waals surface area contributed by atoms with Crippen LogP contribution in [0.3, 0.4) is 0 Å². The molecule has 1 aliphatic carbocycles. The molecule has 0 N–H and O–H groups in total. The molecule has 1 unspecified atom stereocenters. The standard InChI is InChI=1S/C19H20/c1-12-11-13(2)19(14(12)3)18-10-9-16-7-5-6-8-17(16)15(18)4/h5-11,13H,1-4H3. The van der Waals surface area contributed by atoms with E-state index in [0.717, 1.165) is 0 Å². The van der Waals surface area contributed by atoms with Gasteiger partial charge >= 0.3 is 0 Å². The largest absolute Gasteiger partial charge is 0.0740 e. The molecule has 0 bridgehead atoms. The number of fused-ring (bicyclic) bond motifs is 1. The van der Waals surface area contributed by atoms with E-state index in [2.05, 4.69) is 70.2 Å². The fourth-order valence-electron chi connectivity index (χ4n) is 3.30. The van der Waals surface area contributed by atoms with Crippen LogP contribution in [0.25, 0.3) is 16.3 Å². The summed E-state index contributed by atoms with van der Waals surface area (Å²) in [7, 11) is 0. The molecular formula is C19H20. The zero-order valence-electron chi connectivity index (χ0n) is 12.1. The summed E-state index contributed by atoms with van der Waals surface area (Å²) in [5.74, 6) is 0.528. The van der Waals surface area contributed by atoms with Gasteiger partial charge in [-0.05, 0) is 53.8 Å². The average Bonchev–Trinajstić information content (AvgIpc) is 2.65. The fourth-order valence-corrected chi connectivity index (χ4v) is 3.30. The first-order valence-electron chi connectivity index (χ1n) is 6.98. The molecule has 0 fully saturated rings. The lowest BCUT2D eigenvalue weighted by Crippen LogP contribution is -1.97. The Labute approximate surface area is 115 Å². The van der Waals surface area contributed by atoms with Crippen LogP contribution in [0.1, 0.15) is 31.9 Å². The lowest BCUT2D eigenvalue weighted by atomic mass is 9.89. The second kappa shape index (κ2) is 4.38. The monoisotopic (exact) mass is 248 g/mol. The van der Waals surface area contributed by atoms with Crippen molar-refractivity contribution >= 4 is 16.3 Å². The molecule has 1 atom stereocenters. The highest BCUT2D eigenvalue weighted by Gasteiger charge is 2.21. The Morgan fingerprint density at radius 3 is 2.32 bits per heavy atom. The van der Waals surface area contributed by atoms with E-state index in [-0.39, 0.29) is 0 Å². The van der Waals surface area contributed by atoms with E-state index in [1.807, 2.05) is 0 Å². The summed E-state index contributed by atoms with van der Waals surface area (Å²) in [6, 6.07) is 13.2. The molecule has 96 valence electrons. The van der Waals surface area contributed by atoms with Crippen LogP contribution >= 0.6 is 0 Å². The van der Waals surface area contributed by atoms with Gasteiger partial charge in [-0.2, -0.15) is 0 Å². The van der Waals surface area contributed by atoms with Crippen LogP contribution in [-0.4, -0.2) is 0 Å². The van der Waals surface area contributed by atoms with Crippen molar-refractivity contribution in [3.63, 3.8) is 0 Å². The predicted octanol–water partition coefficient (Wildman–Crippen LogP) is 5.52. The van der Waals surface area contributed by atoms with Gasteiger partial charge in [0.1, 0.15) is 0 Å². The van der Waals surface area contributed by atoms with E-state index in [9.17, 15) is 0 Å². The SMILES string of the molecule is CC1=CC(C)C(c2ccc3ccccc3c2C)=C1C. The van der Waals surface area contributed by atoms with Crippen molar-refractivity contribution in [3.05, 3.63) is 64.7 Å². The van der Waals surface area contributed by atoms with Crippen LogP contribution in [0.15, 0.2) is 53.6 Å². The van der Waals surface area contributed by atoms with E-state index in [4.69, 9.17) is 0 Å². The van der Waals surface area contributed by atoms with Gasteiger partial charge in [0.05, 0.1) is 0 Å². The molecule has 0 aliphatic heterocycles. The molecule has 3 rings (SSSR count). The lowest BCUT2D eigenvalue weighted by molar-refractivity contribution is 0.973. The number of hydrogen-bond donors (Lipinski definition) is 0. The molecule has 2 aromatic carbocycles. The molecule has 2 aromatic rings. The van der Waals surface area contributed by atoms with Crippen molar-refractivity contribution in [2.24, 2.45) is 5.92 Å². The Balaban J connectivity index is 2.26. The van der Waals surface area contributed by atoms with E-state index >= 15 is 0 Å². The molecule has 0 heteroatoms. The zero-order chi connectivity index (χ0) is 13.6. The van der Waals surface area contributed by atoms with E-state index in [1.165, 1.54) is 38.6 Å². The second-order valence-corrected chi connectivity index (χ2v) is 5.64. The summed E-state index contributed by atoms with van der Waals surface area (Å²) in [6.45, 7) is 9.01. The molecule has 0 spiro atoms. The van der Waals surface area contributed by atoms with Gasteiger partial charge in [-0.1, -0.05) is 55.0 Å². The second-order valence-electron chi connectivity index (χ2n) is 5.64. The average molecular weight is 248 g/mol. The third kappa shape index (κ3) is 1.83. The van der Waals surface area contributed by atoms with E-state index in [1.54, 1.807) is 0 Å². The number of allylic oxidation sites excluding steroid dienone is 4. The topological polar surface area (TPSA) is 0 Å². The van der Waals surface area contributed by atoms with Gasteiger partial charge in [-0.3, -0.25) is 0 Å². The van der Waals surface area contributed by atoms with Crippen LogP contribution in [-0.2, 0) is 0 Å². The Hall–Kier alpha value is -1.82. The summed E-state index contributed by atoms with van der Waals surface area (Å²) in [4.78, 5) is 0. The van der Waals surface area contributed by atoms with Gasteiger partial charge in [0.25, 0.3) is 0 Å². The molecular weight excluding hydrogens is 228 g/mol. The van der Waals surface area contributed by atoms with Gasteiger partial charge < -0.3 is 0 Å². The summed E-state index contributed by atoms with van der Waals surface area (Å²) in [5, 5.41) is 2.70. The van der Waals surface area contributed by atoms with Gasteiger partial charge in [-0.25, -0.2) is 0 Å². The minimum Gasteiger partial charge on any atom is -0.0740 e. The highest BCUT2D eigenvalue weighted by Crippen LogP contribution is 2.40. The first-order chi connectivity index (χ1) is 9.09. The van der Waals surface area contributed by atoms with Crippen molar-refractivity contribution in [3.8, 4) is 0 Å². The normalized spacial score (nSPS) is 19.2. The minimum atomic E-state index is 0.528. The molecule has 0 saturated carbocycles. The predicted molar refractivity (Wildman–Crippen MR) is 84.2 cm³/mol. The number of benzene rings is 2. The van der Waals surface area contributed by atoms with Gasteiger partial charge in [0, 0.05) is 5.92 Å². The number of rotatable bonds is 1. The summed E-state index contributed by atoms with van der Waals surface area (Å²) in [6.07, 6.45) is 2.37. The molecule has 1 aliphatic rings. The molecule has 0 heterocycles. The quantitative estimate of drug-likeness (QED) is 0.623. The third-order valence-electron chi connectivity index (χ3n) is 4.44. The molecule has 19 heavy (non-hydrogen) atoms. The van der Waals surface area contributed by atoms with Gasteiger partial charge in [0.2, 0.25) is 0 Å². The van der Waals surface area contributed by atoms with Crippen LogP contribution in [0.4, 0.5) is 0 Å². The van der Waals surface area contributed by atoms with Crippen LogP contribution in [0, 0.1) is 12.8 Å². The zero-order valence-corrected chi connectivity index (χ0v) is 12.1. The van der Waals surface area contributed by atoms with Crippen molar-refractivity contribution in [1.29, 1.82) is 0 Å². The highest BCUT2D eigenvalue weighted by atomic mass is 14.3. The first-order valence-corrected chi connectivity index (χ1v) is 6.98. The van der Waals surface area contributed by atoms with Crippen molar-refractivity contribution in [1.82, 2.24) is 0 Å². The molecule has 0 aromatic heterocycles. The third-order valence-corrected chi connectivity index (χ3v) is 4.44. The minimum absolute atomic E-state index is 0.528.